The Kier molecular flexibility index (Phi) is 2.84. The van der Waals surface area contributed by atoms with Crippen molar-refractivity contribution in [3.8, 4) is 11.9 Å². The van der Waals surface area contributed by atoms with E-state index in [-0.39, 0.29) is 0 Å². The molecule has 0 spiro atoms. The van der Waals surface area contributed by atoms with Crippen LogP contribution in [0.25, 0.3) is 5.82 Å². The summed E-state index contributed by atoms with van der Waals surface area (Å²) in [5.74, 6) is 0.456. The molecule has 2 rings (SSSR count). The first-order valence-corrected chi connectivity index (χ1v) is 5.24. The van der Waals surface area contributed by atoms with E-state index < -0.39 is 0 Å². The van der Waals surface area contributed by atoms with Crippen LogP contribution in [0.15, 0.2) is 35.1 Å². The van der Waals surface area contributed by atoms with Gasteiger partial charge in [-0.2, -0.15) is 5.26 Å². The maximum absolute atomic E-state index is 10.9. The van der Waals surface area contributed by atoms with E-state index >= 15 is 0 Å². The lowest BCUT2D eigenvalue weighted by Gasteiger charge is -2.05. The molecule has 0 amide bonds. The van der Waals surface area contributed by atoms with Gasteiger partial charge >= 0.3 is 0 Å². The number of nitriles is 1. The van der Waals surface area contributed by atoms with Crippen molar-refractivity contribution in [2.75, 3.05) is 0 Å². The molecule has 0 atom stereocenters. The zero-order chi connectivity index (χ0) is 11.5. The summed E-state index contributed by atoms with van der Waals surface area (Å²) >= 11 is 3.28. The topological polar surface area (TPSA) is 58.7 Å². The van der Waals surface area contributed by atoms with Crippen molar-refractivity contribution < 1.29 is 4.79 Å². The van der Waals surface area contributed by atoms with Gasteiger partial charge in [0.05, 0.1) is 11.3 Å². The summed E-state index contributed by atoms with van der Waals surface area (Å²) in [5.41, 5.74) is 0.871. The van der Waals surface area contributed by atoms with Gasteiger partial charge in [0, 0.05) is 16.9 Å². The van der Waals surface area contributed by atoms with Crippen LogP contribution in [-0.2, 0) is 0 Å². The molecule has 0 unspecified atom stereocenters. The number of hydrogen-bond donors (Lipinski definition) is 0. The number of halogens is 1. The van der Waals surface area contributed by atoms with Crippen molar-refractivity contribution in [3.63, 3.8) is 0 Å². The molecule has 2 aromatic heterocycles. The second-order valence-electron chi connectivity index (χ2n) is 3.06. The first-order valence-electron chi connectivity index (χ1n) is 4.45. The van der Waals surface area contributed by atoms with Crippen molar-refractivity contribution in [1.29, 1.82) is 5.26 Å². The lowest BCUT2D eigenvalue weighted by atomic mass is 10.3. The number of aldehydes is 1. The Morgan fingerprint density at radius 1 is 1.56 bits per heavy atom. The monoisotopic (exact) mass is 275 g/mol. The highest BCUT2D eigenvalue weighted by molar-refractivity contribution is 9.10. The molecule has 0 aliphatic carbocycles. The summed E-state index contributed by atoms with van der Waals surface area (Å²) in [4.78, 5) is 15.0. The highest BCUT2D eigenvalue weighted by Crippen LogP contribution is 2.19. The molecule has 0 bridgehead atoms. The van der Waals surface area contributed by atoms with E-state index in [1.165, 1.54) is 0 Å². The molecule has 0 aliphatic heterocycles. The van der Waals surface area contributed by atoms with Crippen molar-refractivity contribution in [2.24, 2.45) is 0 Å². The summed E-state index contributed by atoms with van der Waals surface area (Å²) in [7, 11) is 0. The molecule has 4 nitrogen and oxygen atoms in total. The first-order chi connectivity index (χ1) is 7.76. The van der Waals surface area contributed by atoms with Gasteiger partial charge in [0.15, 0.2) is 12.1 Å². The molecule has 16 heavy (non-hydrogen) atoms. The molecule has 5 heteroatoms. The van der Waals surface area contributed by atoms with Gasteiger partial charge in [-0.3, -0.25) is 9.36 Å². The zero-order valence-corrected chi connectivity index (χ0v) is 9.68. The number of carbonyl (C=O) groups excluding carboxylic acids is 1. The fraction of sp³-hybridized carbons (Fsp3) is 0. The van der Waals surface area contributed by atoms with Crippen LogP contribution in [0.1, 0.15) is 16.1 Å². The molecule has 0 saturated heterocycles. The fourth-order valence-corrected chi connectivity index (χ4v) is 1.84. The highest BCUT2D eigenvalue weighted by Gasteiger charge is 2.10. The Hall–Kier alpha value is -1.93. The van der Waals surface area contributed by atoms with Crippen LogP contribution in [0.5, 0.6) is 0 Å². The third kappa shape index (κ3) is 1.75. The summed E-state index contributed by atoms with van der Waals surface area (Å²) in [6, 6.07) is 7.05. The molecule has 2 heterocycles. The minimum Gasteiger partial charge on any atom is -0.296 e. The smallest absolute Gasteiger partial charge is 0.166 e. The van der Waals surface area contributed by atoms with Gasteiger partial charge in [-0.1, -0.05) is 0 Å². The average molecular weight is 276 g/mol. The van der Waals surface area contributed by atoms with E-state index in [1.54, 1.807) is 35.2 Å². The summed E-state index contributed by atoms with van der Waals surface area (Å²) in [6.45, 7) is 0. The molecule has 0 saturated carbocycles. The van der Waals surface area contributed by atoms with Gasteiger partial charge in [0.25, 0.3) is 0 Å². The number of aromatic nitrogens is 2. The van der Waals surface area contributed by atoms with Gasteiger partial charge in [-0.05, 0) is 34.1 Å². The van der Waals surface area contributed by atoms with Gasteiger partial charge < -0.3 is 0 Å². The number of hydrogen-bond acceptors (Lipinski definition) is 3. The van der Waals surface area contributed by atoms with E-state index in [4.69, 9.17) is 5.26 Å². The van der Waals surface area contributed by atoms with E-state index in [0.29, 0.717) is 17.1 Å². The van der Waals surface area contributed by atoms with Crippen molar-refractivity contribution >= 4 is 22.2 Å². The van der Waals surface area contributed by atoms with Crippen LogP contribution >= 0.6 is 15.9 Å². The summed E-state index contributed by atoms with van der Waals surface area (Å²) in [5, 5.41) is 8.95. The molecular formula is C11H6BrN3O. The van der Waals surface area contributed by atoms with E-state index in [1.807, 2.05) is 6.07 Å². The largest absolute Gasteiger partial charge is 0.296 e. The predicted octanol–water partition coefficient (Wildman–Crippen LogP) is 2.32. The molecular weight excluding hydrogens is 270 g/mol. The fourth-order valence-electron chi connectivity index (χ4n) is 1.40. The maximum atomic E-state index is 10.9. The van der Waals surface area contributed by atoms with Crippen LogP contribution in [-0.4, -0.2) is 15.8 Å². The molecule has 0 N–H and O–H groups in total. The Bertz CT molecular complexity index is 583. The van der Waals surface area contributed by atoms with Gasteiger partial charge in [0.1, 0.15) is 6.07 Å². The third-order valence-corrected chi connectivity index (χ3v) is 2.51. The lowest BCUT2D eigenvalue weighted by Crippen LogP contribution is -2.02. The summed E-state index contributed by atoms with van der Waals surface area (Å²) in [6.07, 6.45) is 4.01. The Labute approximate surface area is 100 Å². The minimum atomic E-state index is 0.425. The zero-order valence-electron chi connectivity index (χ0n) is 8.09. The van der Waals surface area contributed by atoms with E-state index in [9.17, 15) is 4.79 Å². The van der Waals surface area contributed by atoms with Gasteiger partial charge in [0.2, 0.25) is 0 Å². The number of rotatable bonds is 2. The Morgan fingerprint density at radius 2 is 2.38 bits per heavy atom. The number of carbonyl (C=O) groups is 1. The number of nitrogens with zero attached hydrogens (tertiary/aromatic N) is 3. The van der Waals surface area contributed by atoms with Crippen molar-refractivity contribution in [3.05, 3.63) is 46.3 Å². The number of pyridine rings is 1. The second-order valence-corrected chi connectivity index (χ2v) is 3.97. The quantitative estimate of drug-likeness (QED) is 0.791. The average Bonchev–Trinajstić information content (AvgIpc) is 2.70. The second kappa shape index (κ2) is 4.29. The van der Waals surface area contributed by atoms with Crippen LogP contribution in [0.2, 0.25) is 0 Å². The Balaban J connectivity index is 2.67. The summed E-state index contributed by atoms with van der Waals surface area (Å²) < 4.78 is 2.35. The van der Waals surface area contributed by atoms with Crippen molar-refractivity contribution in [1.82, 2.24) is 9.55 Å². The SMILES string of the molecule is N#Cc1cccnc1-n1cc(Br)cc1C=O. The van der Waals surface area contributed by atoms with Crippen LogP contribution in [0, 0.1) is 11.3 Å². The Morgan fingerprint density at radius 3 is 3.06 bits per heavy atom. The molecule has 0 radical (unpaired) electrons. The first kappa shape index (κ1) is 10.6. The maximum Gasteiger partial charge on any atom is 0.166 e. The third-order valence-electron chi connectivity index (χ3n) is 2.07. The van der Waals surface area contributed by atoms with Crippen LogP contribution < -0.4 is 0 Å². The normalized spacial score (nSPS) is 9.75. The van der Waals surface area contributed by atoms with E-state index in [0.717, 1.165) is 10.8 Å². The molecule has 78 valence electrons. The van der Waals surface area contributed by atoms with Gasteiger partial charge in [-0.15, -0.1) is 0 Å². The predicted molar refractivity (Wildman–Crippen MR) is 61.4 cm³/mol. The molecule has 0 aromatic carbocycles. The standard InChI is InChI=1S/C11H6BrN3O/c12-9-4-10(7-16)15(6-9)11-8(5-13)2-1-3-14-11/h1-4,6-7H. The van der Waals surface area contributed by atoms with Crippen LogP contribution in [0.3, 0.4) is 0 Å². The van der Waals surface area contributed by atoms with Gasteiger partial charge in [-0.25, -0.2) is 4.98 Å². The molecule has 0 aliphatic rings. The van der Waals surface area contributed by atoms with Crippen molar-refractivity contribution in [2.45, 2.75) is 0 Å². The highest BCUT2D eigenvalue weighted by atomic mass is 79.9. The lowest BCUT2D eigenvalue weighted by molar-refractivity contribution is 0.111. The minimum absolute atomic E-state index is 0.425. The van der Waals surface area contributed by atoms with E-state index in [2.05, 4.69) is 20.9 Å². The molecule has 0 fully saturated rings. The molecule has 2 aromatic rings. The van der Waals surface area contributed by atoms with Crippen LogP contribution in [0.4, 0.5) is 0 Å².